The van der Waals surface area contributed by atoms with Crippen LogP contribution >= 0.6 is 0 Å². The Morgan fingerprint density at radius 2 is 1.72 bits per heavy atom. The molecule has 1 amide bonds. The van der Waals surface area contributed by atoms with Gasteiger partial charge in [0.05, 0.1) is 18.3 Å². The third kappa shape index (κ3) is 4.88. The van der Waals surface area contributed by atoms with Gasteiger partial charge < -0.3 is 20.6 Å². The maximum atomic E-state index is 12.4. The molecule has 0 aromatic carbocycles. The summed E-state index contributed by atoms with van der Waals surface area (Å²) in [4.78, 5) is 12.4. The van der Waals surface area contributed by atoms with Gasteiger partial charge in [-0.05, 0) is 105 Å². The summed E-state index contributed by atoms with van der Waals surface area (Å²) in [5.74, 6) is 1.17. The van der Waals surface area contributed by atoms with Gasteiger partial charge in [-0.2, -0.15) is 8.42 Å². The van der Waals surface area contributed by atoms with Crippen LogP contribution in [-0.2, 0) is 14.9 Å². The number of carbonyl (C=O) groups excluding carboxylic acids is 1. The van der Waals surface area contributed by atoms with Gasteiger partial charge in [-0.3, -0.25) is 9.35 Å². The maximum absolute atomic E-state index is 12.4. The van der Waals surface area contributed by atoms with E-state index in [2.05, 4.69) is 26.1 Å². The molecule has 8 nitrogen and oxygen atoms in total. The number of nitrogens with one attached hydrogen (secondary N) is 1. The van der Waals surface area contributed by atoms with Crippen molar-refractivity contribution in [2.75, 3.05) is 6.54 Å². The molecule has 12 atom stereocenters. The lowest BCUT2D eigenvalue weighted by atomic mass is 9.43. The van der Waals surface area contributed by atoms with Crippen molar-refractivity contribution in [2.45, 2.75) is 109 Å². The number of fused-ring (bicyclic) bond motifs is 5. The summed E-state index contributed by atoms with van der Waals surface area (Å²) in [6, 6.07) is 0. The Hall–Kier alpha value is -0.740. The van der Waals surface area contributed by atoms with Gasteiger partial charge >= 0.3 is 0 Å². The molecule has 36 heavy (non-hydrogen) atoms. The summed E-state index contributed by atoms with van der Waals surface area (Å²) in [6.07, 6.45) is 5.63. The zero-order valence-corrected chi connectivity index (χ0v) is 23.1. The molecule has 4 saturated carbocycles. The summed E-state index contributed by atoms with van der Waals surface area (Å²) in [5.41, 5.74) is -0.263. The van der Waals surface area contributed by atoms with Crippen LogP contribution < -0.4 is 5.32 Å². The van der Waals surface area contributed by atoms with Crippen molar-refractivity contribution in [3.63, 3.8) is 0 Å². The Balaban J connectivity index is 1.43. The molecule has 0 aromatic rings. The van der Waals surface area contributed by atoms with Gasteiger partial charge in [0.1, 0.15) is 5.25 Å². The standard InChI is InChI=1S/C27H47NO7S/c1-15(5-8-24(32)28-14-16(2)36(33,34)35)19-6-7-20-25-21(13-23(31)27(19,20)4)26(3)10-9-18(29)11-17(26)12-22(25)30/h15-23,25,29-31H,5-14H2,1-4H3,(H,28,32)(H,33,34,35)/t15-,16+,17+,18-,19-,20+,21+,22-,23+,25+,26+,27-/m1/s1. The number of carbonyl (C=O) groups is 1. The largest absolute Gasteiger partial charge is 0.393 e. The molecule has 0 radical (unpaired) electrons. The second kappa shape index (κ2) is 10.1. The molecule has 0 spiro atoms. The van der Waals surface area contributed by atoms with Crippen molar-refractivity contribution in [2.24, 2.45) is 46.3 Å². The first-order valence-electron chi connectivity index (χ1n) is 14.0. The fraction of sp³-hybridized carbons (Fsp3) is 0.963. The van der Waals surface area contributed by atoms with Crippen molar-refractivity contribution >= 4 is 16.0 Å². The van der Waals surface area contributed by atoms with E-state index in [0.717, 1.165) is 38.5 Å². The van der Waals surface area contributed by atoms with E-state index in [1.165, 1.54) is 6.92 Å². The SMILES string of the molecule is C[C@H](CCC(=O)NC[C@H](C)S(=O)(=O)O)[C@H]1CC[C@H]2[C@@H]3[C@H](O)C[C@@H]4C[C@H](O)CC[C@]4(C)[C@H]3C[C@H](O)[C@]12C. The van der Waals surface area contributed by atoms with E-state index in [0.29, 0.717) is 18.8 Å². The molecular formula is C27H47NO7S. The molecule has 0 unspecified atom stereocenters. The van der Waals surface area contributed by atoms with Crippen LogP contribution in [0, 0.1) is 46.3 Å². The predicted molar refractivity (Wildman–Crippen MR) is 136 cm³/mol. The average Bonchev–Trinajstić information content (AvgIpc) is 3.15. The summed E-state index contributed by atoms with van der Waals surface area (Å²) in [5, 5.41) is 34.9. The first-order valence-corrected chi connectivity index (χ1v) is 15.5. The predicted octanol–water partition coefficient (Wildman–Crippen LogP) is 2.76. The number of aliphatic hydroxyl groups excluding tert-OH is 3. The molecule has 0 aliphatic heterocycles. The zero-order chi connectivity index (χ0) is 26.6. The van der Waals surface area contributed by atoms with Crippen LogP contribution in [0.4, 0.5) is 0 Å². The number of aliphatic hydroxyl groups is 3. The summed E-state index contributed by atoms with van der Waals surface area (Å²) in [7, 11) is -4.17. The summed E-state index contributed by atoms with van der Waals surface area (Å²) in [6.45, 7) is 7.91. The van der Waals surface area contributed by atoms with Gasteiger partial charge in [-0.1, -0.05) is 20.8 Å². The second-order valence-corrected chi connectivity index (χ2v) is 15.0. The van der Waals surface area contributed by atoms with Crippen LogP contribution in [0.3, 0.4) is 0 Å². The van der Waals surface area contributed by atoms with Crippen molar-refractivity contribution in [3.8, 4) is 0 Å². The fourth-order valence-electron chi connectivity index (χ4n) is 9.14. The Bertz CT molecular complexity index is 927. The quantitative estimate of drug-likeness (QED) is 0.319. The topological polar surface area (TPSA) is 144 Å². The molecule has 4 fully saturated rings. The highest BCUT2D eigenvalue weighted by atomic mass is 32.2. The average molecular weight is 530 g/mol. The Morgan fingerprint density at radius 3 is 2.39 bits per heavy atom. The van der Waals surface area contributed by atoms with Gasteiger partial charge in [0, 0.05) is 13.0 Å². The van der Waals surface area contributed by atoms with Gasteiger partial charge in [0.25, 0.3) is 10.1 Å². The molecule has 4 aliphatic carbocycles. The second-order valence-electron chi connectivity index (χ2n) is 13.2. The minimum Gasteiger partial charge on any atom is -0.393 e. The molecule has 4 rings (SSSR count). The van der Waals surface area contributed by atoms with Crippen LogP contribution in [0.1, 0.15) is 85.5 Å². The summed E-state index contributed by atoms with van der Waals surface area (Å²) < 4.78 is 31.4. The van der Waals surface area contributed by atoms with Crippen LogP contribution in [0.2, 0.25) is 0 Å². The smallest absolute Gasteiger partial charge is 0.269 e. The number of hydrogen-bond donors (Lipinski definition) is 5. The zero-order valence-electron chi connectivity index (χ0n) is 22.3. The van der Waals surface area contributed by atoms with E-state index >= 15 is 0 Å². The van der Waals surface area contributed by atoms with Gasteiger partial charge in [0.15, 0.2) is 0 Å². The first-order chi connectivity index (χ1) is 16.7. The van der Waals surface area contributed by atoms with Gasteiger partial charge in [-0.15, -0.1) is 0 Å². The van der Waals surface area contributed by atoms with Gasteiger partial charge in [0.2, 0.25) is 5.91 Å². The molecule has 0 aromatic heterocycles. The van der Waals surface area contributed by atoms with E-state index in [4.69, 9.17) is 4.55 Å². The van der Waals surface area contributed by atoms with Crippen molar-refractivity contribution in [1.29, 1.82) is 0 Å². The molecule has 9 heteroatoms. The third-order valence-electron chi connectivity index (χ3n) is 11.4. The highest BCUT2D eigenvalue weighted by molar-refractivity contribution is 7.86. The molecule has 0 bridgehead atoms. The van der Waals surface area contributed by atoms with E-state index in [-0.39, 0.29) is 65.4 Å². The normalized spacial score (nSPS) is 46.2. The molecule has 208 valence electrons. The van der Waals surface area contributed by atoms with Crippen LogP contribution in [-0.4, -0.2) is 64.3 Å². The monoisotopic (exact) mass is 529 g/mol. The number of rotatable bonds is 7. The lowest BCUT2D eigenvalue weighted by molar-refractivity contribution is -0.207. The minimum absolute atomic E-state index is 0.0480. The molecule has 0 saturated heterocycles. The van der Waals surface area contributed by atoms with Gasteiger partial charge in [-0.25, -0.2) is 0 Å². The van der Waals surface area contributed by atoms with Crippen LogP contribution in [0.25, 0.3) is 0 Å². The molecular weight excluding hydrogens is 482 g/mol. The minimum atomic E-state index is -4.17. The van der Waals surface area contributed by atoms with Crippen molar-refractivity contribution in [1.82, 2.24) is 5.32 Å². The number of hydrogen-bond acceptors (Lipinski definition) is 6. The Labute approximate surface area is 216 Å². The number of amides is 1. The van der Waals surface area contributed by atoms with E-state index < -0.39 is 27.6 Å². The Kier molecular flexibility index (Phi) is 7.93. The highest BCUT2D eigenvalue weighted by Gasteiger charge is 2.65. The summed E-state index contributed by atoms with van der Waals surface area (Å²) >= 11 is 0. The highest BCUT2D eigenvalue weighted by Crippen LogP contribution is 2.68. The van der Waals surface area contributed by atoms with Crippen LogP contribution in [0.5, 0.6) is 0 Å². The van der Waals surface area contributed by atoms with Crippen molar-refractivity contribution in [3.05, 3.63) is 0 Å². The lowest BCUT2D eigenvalue weighted by Crippen LogP contribution is -2.62. The fourth-order valence-corrected chi connectivity index (χ4v) is 9.44. The van der Waals surface area contributed by atoms with E-state index in [1.807, 2.05) is 0 Å². The van der Waals surface area contributed by atoms with Crippen LogP contribution in [0.15, 0.2) is 0 Å². The van der Waals surface area contributed by atoms with Crippen molar-refractivity contribution < 1.29 is 33.1 Å². The maximum Gasteiger partial charge on any atom is 0.269 e. The third-order valence-corrected chi connectivity index (χ3v) is 12.6. The Morgan fingerprint density at radius 1 is 1.03 bits per heavy atom. The molecule has 0 heterocycles. The molecule has 5 N–H and O–H groups in total. The molecule has 4 aliphatic rings. The van der Waals surface area contributed by atoms with E-state index in [9.17, 15) is 28.5 Å². The lowest BCUT2D eigenvalue weighted by Gasteiger charge is -2.63. The van der Waals surface area contributed by atoms with E-state index in [1.54, 1.807) is 0 Å². The first kappa shape index (κ1) is 28.3.